The quantitative estimate of drug-likeness (QED) is 0.881. The molecular formula is C15H22N2O. The minimum absolute atomic E-state index is 0.738. The Kier molecular flexibility index (Phi) is 3.92. The number of rotatable bonds is 5. The van der Waals surface area contributed by atoms with Crippen LogP contribution < -0.4 is 10.5 Å². The van der Waals surface area contributed by atoms with Crippen LogP contribution in [-0.2, 0) is 13.0 Å². The zero-order valence-electron chi connectivity index (χ0n) is 11.5. The summed E-state index contributed by atoms with van der Waals surface area (Å²) in [6.07, 6.45) is 2.07. The fraction of sp³-hybridized carbons (Fsp3) is 0.467. The number of fused-ring (bicyclic) bond motifs is 1. The van der Waals surface area contributed by atoms with Crippen LogP contribution >= 0.6 is 0 Å². The summed E-state index contributed by atoms with van der Waals surface area (Å²) < 4.78 is 7.69. The van der Waals surface area contributed by atoms with E-state index < -0.39 is 0 Å². The molecule has 0 atom stereocenters. The van der Waals surface area contributed by atoms with Crippen molar-refractivity contribution in [3.63, 3.8) is 0 Å². The molecule has 2 rings (SSSR count). The van der Waals surface area contributed by atoms with Crippen LogP contribution in [0, 0.1) is 6.92 Å². The highest BCUT2D eigenvalue weighted by Gasteiger charge is 2.13. The topological polar surface area (TPSA) is 40.2 Å². The third-order valence-electron chi connectivity index (χ3n) is 3.61. The van der Waals surface area contributed by atoms with Crippen LogP contribution in [-0.4, -0.2) is 18.2 Å². The average molecular weight is 246 g/mol. The number of aromatic nitrogens is 1. The first-order chi connectivity index (χ1) is 8.72. The smallest absolute Gasteiger partial charge is 0.119 e. The highest BCUT2D eigenvalue weighted by Crippen LogP contribution is 2.30. The van der Waals surface area contributed by atoms with Crippen molar-refractivity contribution in [2.45, 2.75) is 33.2 Å². The van der Waals surface area contributed by atoms with Crippen molar-refractivity contribution in [1.82, 2.24) is 4.57 Å². The third kappa shape index (κ3) is 2.10. The minimum Gasteiger partial charge on any atom is -0.497 e. The maximum absolute atomic E-state index is 5.63. The molecule has 1 heterocycles. The Balaban J connectivity index is 2.61. The largest absolute Gasteiger partial charge is 0.497 e. The number of nitrogens with zero attached hydrogens (tertiary/aromatic N) is 1. The molecule has 0 fully saturated rings. The second kappa shape index (κ2) is 5.44. The molecule has 18 heavy (non-hydrogen) atoms. The number of nitrogens with two attached hydrogens (primary N) is 1. The van der Waals surface area contributed by atoms with Gasteiger partial charge in [0.1, 0.15) is 5.75 Å². The van der Waals surface area contributed by atoms with Crippen molar-refractivity contribution in [2.75, 3.05) is 13.7 Å². The fourth-order valence-electron chi connectivity index (χ4n) is 2.66. The summed E-state index contributed by atoms with van der Waals surface area (Å²) in [6, 6.07) is 6.32. The molecule has 2 N–H and O–H groups in total. The maximum atomic E-state index is 5.63. The van der Waals surface area contributed by atoms with E-state index in [2.05, 4.69) is 30.5 Å². The predicted molar refractivity (Wildman–Crippen MR) is 76.3 cm³/mol. The summed E-state index contributed by atoms with van der Waals surface area (Å²) in [5.74, 6) is 0.921. The van der Waals surface area contributed by atoms with Gasteiger partial charge in [-0.25, -0.2) is 0 Å². The molecule has 0 aliphatic rings. The molecule has 1 aromatic heterocycles. The van der Waals surface area contributed by atoms with E-state index in [0.717, 1.165) is 31.7 Å². The Labute approximate surface area is 109 Å². The van der Waals surface area contributed by atoms with E-state index in [-0.39, 0.29) is 0 Å². The fourth-order valence-corrected chi connectivity index (χ4v) is 2.66. The molecule has 0 saturated heterocycles. The lowest BCUT2D eigenvalue weighted by molar-refractivity contribution is 0.415. The molecule has 0 saturated carbocycles. The zero-order chi connectivity index (χ0) is 13.1. The number of hydrogen-bond acceptors (Lipinski definition) is 2. The molecule has 0 amide bonds. The minimum atomic E-state index is 0.738. The van der Waals surface area contributed by atoms with Gasteiger partial charge in [0.05, 0.1) is 7.11 Å². The summed E-state index contributed by atoms with van der Waals surface area (Å²) >= 11 is 0. The van der Waals surface area contributed by atoms with Gasteiger partial charge in [-0.05, 0) is 57.0 Å². The monoisotopic (exact) mass is 246 g/mol. The van der Waals surface area contributed by atoms with E-state index in [1.54, 1.807) is 7.11 Å². The van der Waals surface area contributed by atoms with Gasteiger partial charge < -0.3 is 15.0 Å². The van der Waals surface area contributed by atoms with E-state index in [1.165, 1.54) is 22.2 Å². The molecule has 1 aromatic carbocycles. The van der Waals surface area contributed by atoms with Crippen LogP contribution in [0.5, 0.6) is 5.75 Å². The molecule has 3 heteroatoms. The average Bonchev–Trinajstić information content (AvgIpc) is 2.67. The molecule has 0 aliphatic carbocycles. The summed E-state index contributed by atoms with van der Waals surface area (Å²) in [5, 5.41) is 1.31. The van der Waals surface area contributed by atoms with Crippen molar-refractivity contribution >= 4 is 10.9 Å². The molecule has 0 radical (unpaired) electrons. The lowest BCUT2D eigenvalue weighted by Crippen LogP contribution is -2.02. The van der Waals surface area contributed by atoms with Gasteiger partial charge in [-0.2, -0.15) is 0 Å². The number of hydrogen-bond donors (Lipinski definition) is 1. The summed E-state index contributed by atoms with van der Waals surface area (Å²) in [7, 11) is 1.71. The standard InChI is InChI=1S/C15H22N2O/c1-4-17-11(2)13(6-5-9-16)14-10-12(18-3)7-8-15(14)17/h7-8,10H,4-6,9,16H2,1-3H3. The lowest BCUT2D eigenvalue weighted by Gasteiger charge is -2.04. The van der Waals surface area contributed by atoms with Gasteiger partial charge in [0.15, 0.2) is 0 Å². The highest BCUT2D eigenvalue weighted by atomic mass is 16.5. The van der Waals surface area contributed by atoms with Gasteiger partial charge in [0, 0.05) is 23.1 Å². The normalized spacial score (nSPS) is 11.1. The summed E-state index contributed by atoms with van der Waals surface area (Å²) in [5.41, 5.74) is 9.70. The highest BCUT2D eigenvalue weighted by molar-refractivity contribution is 5.87. The molecule has 2 aromatic rings. The van der Waals surface area contributed by atoms with E-state index in [1.807, 2.05) is 6.07 Å². The van der Waals surface area contributed by atoms with Crippen LogP contribution in [0.15, 0.2) is 18.2 Å². The Morgan fingerprint density at radius 3 is 2.72 bits per heavy atom. The van der Waals surface area contributed by atoms with Gasteiger partial charge in [-0.15, -0.1) is 0 Å². The van der Waals surface area contributed by atoms with Gasteiger partial charge in [0.2, 0.25) is 0 Å². The molecule has 0 aliphatic heterocycles. The van der Waals surface area contributed by atoms with Crippen molar-refractivity contribution in [2.24, 2.45) is 5.73 Å². The van der Waals surface area contributed by atoms with Crippen molar-refractivity contribution in [3.05, 3.63) is 29.5 Å². The third-order valence-corrected chi connectivity index (χ3v) is 3.61. The Hall–Kier alpha value is -1.48. The van der Waals surface area contributed by atoms with Crippen LogP contribution in [0.4, 0.5) is 0 Å². The number of aryl methyl sites for hydroxylation is 2. The van der Waals surface area contributed by atoms with Gasteiger partial charge in [-0.1, -0.05) is 0 Å². The summed E-state index contributed by atoms with van der Waals surface area (Å²) in [4.78, 5) is 0. The molecule has 0 bridgehead atoms. The van der Waals surface area contributed by atoms with E-state index in [9.17, 15) is 0 Å². The van der Waals surface area contributed by atoms with E-state index in [4.69, 9.17) is 10.5 Å². The van der Waals surface area contributed by atoms with Gasteiger partial charge in [-0.3, -0.25) is 0 Å². The maximum Gasteiger partial charge on any atom is 0.119 e. The van der Waals surface area contributed by atoms with Crippen LogP contribution in [0.1, 0.15) is 24.6 Å². The Morgan fingerprint density at radius 1 is 1.33 bits per heavy atom. The lowest BCUT2D eigenvalue weighted by atomic mass is 10.1. The van der Waals surface area contributed by atoms with Crippen molar-refractivity contribution in [1.29, 1.82) is 0 Å². The predicted octanol–water partition coefficient (Wildman–Crippen LogP) is 2.87. The van der Waals surface area contributed by atoms with Crippen molar-refractivity contribution in [3.8, 4) is 5.75 Å². The SMILES string of the molecule is CCn1c(C)c(CCCN)c2cc(OC)ccc21. The van der Waals surface area contributed by atoms with Gasteiger partial charge >= 0.3 is 0 Å². The number of ether oxygens (including phenoxy) is 1. The number of benzene rings is 1. The Bertz CT molecular complexity index is 543. The first-order valence-electron chi connectivity index (χ1n) is 6.58. The molecular weight excluding hydrogens is 224 g/mol. The second-order valence-electron chi connectivity index (χ2n) is 4.58. The second-order valence-corrected chi connectivity index (χ2v) is 4.58. The molecule has 98 valence electrons. The number of methoxy groups -OCH3 is 1. The van der Waals surface area contributed by atoms with Crippen LogP contribution in [0.2, 0.25) is 0 Å². The summed E-state index contributed by atoms with van der Waals surface area (Å²) in [6.45, 7) is 6.12. The van der Waals surface area contributed by atoms with E-state index >= 15 is 0 Å². The van der Waals surface area contributed by atoms with Crippen LogP contribution in [0.25, 0.3) is 10.9 Å². The zero-order valence-corrected chi connectivity index (χ0v) is 11.5. The Morgan fingerprint density at radius 2 is 2.11 bits per heavy atom. The first-order valence-corrected chi connectivity index (χ1v) is 6.58. The van der Waals surface area contributed by atoms with E-state index in [0.29, 0.717) is 0 Å². The van der Waals surface area contributed by atoms with Crippen molar-refractivity contribution < 1.29 is 4.74 Å². The first kappa shape index (κ1) is 13.0. The molecule has 3 nitrogen and oxygen atoms in total. The van der Waals surface area contributed by atoms with Gasteiger partial charge in [0.25, 0.3) is 0 Å². The molecule has 0 unspecified atom stereocenters. The molecule has 0 spiro atoms. The van der Waals surface area contributed by atoms with Crippen LogP contribution in [0.3, 0.4) is 0 Å².